The molecule has 1 aliphatic rings. The van der Waals surface area contributed by atoms with Gasteiger partial charge in [-0.2, -0.15) is 11.3 Å². The van der Waals surface area contributed by atoms with E-state index in [1.165, 1.54) is 22.7 Å². The second-order valence-electron chi connectivity index (χ2n) is 5.78. The Labute approximate surface area is 158 Å². The van der Waals surface area contributed by atoms with E-state index >= 15 is 0 Å². The van der Waals surface area contributed by atoms with Crippen LogP contribution in [0.4, 0.5) is 9.59 Å². The van der Waals surface area contributed by atoms with Crippen LogP contribution >= 0.6 is 22.7 Å². The van der Waals surface area contributed by atoms with E-state index in [9.17, 15) is 23.1 Å². The third-order valence-electron chi connectivity index (χ3n) is 4.04. The molecule has 4 amide bonds. The van der Waals surface area contributed by atoms with Crippen LogP contribution in [0.2, 0.25) is 0 Å². The van der Waals surface area contributed by atoms with E-state index in [4.69, 9.17) is 0 Å². The van der Waals surface area contributed by atoms with Crippen molar-refractivity contribution in [3.63, 3.8) is 0 Å². The van der Waals surface area contributed by atoms with Gasteiger partial charge in [0.2, 0.25) is 10.0 Å². The molecule has 0 aliphatic carbocycles. The Balaban J connectivity index is 1.75. The first kappa shape index (κ1) is 18.8. The molecule has 140 valence electrons. The Morgan fingerprint density at radius 1 is 1.35 bits per heavy atom. The van der Waals surface area contributed by atoms with Crippen LogP contribution in [0.3, 0.4) is 0 Å². The van der Waals surface area contributed by atoms with Gasteiger partial charge in [0.1, 0.15) is 5.60 Å². The molecule has 0 spiro atoms. The minimum atomic E-state index is -3.72. The zero-order chi connectivity index (χ0) is 18.9. The molecule has 26 heavy (non-hydrogen) atoms. The maximum atomic E-state index is 12.4. The van der Waals surface area contributed by atoms with Gasteiger partial charge in [-0.3, -0.25) is 0 Å². The summed E-state index contributed by atoms with van der Waals surface area (Å²) in [7, 11) is -3.72. The van der Waals surface area contributed by atoms with Gasteiger partial charge in [-0.25, -0.2) is 27.2 Å². The number of nitrogens with one attached hydrogen (secondary N) is 1. The quantitative estimate of drug-likeness (QED) is 0.769. The minimum Gasteiger partial charge on any atom is -0.378 e. The highest BCUT2D eigenvalue weighted by Crippen LogP contribution is 2.33. The van der Waals surface area contributed by atoms with E-state index in [0.29, 0.717) is 14.7 Å². The molecular formula is C15H17N3O5S3. The van der Waals surface area contributed by atoms with Crippen LogP contribution in [-0.4, -0.2) is 60.7 Å². The largest absolute Gasteiger partial charge is 0.378 e. The van der Waals surface area contributed by atoms with E-state index in [0.717, 1.165) is 11.2 Å². The first-order chi connectivity index (χ1) is 12.2. The fraction of sp³-hybridized carbons (Fsp3) is 0.333. The first-order valence-electron chi connectivity index (χ1n) is 7.59. The maximum Gasteiger partial charge on any atom is 0.341 e. The zero-order valence-corrected chi connectivity index (χ0v) is 16.2. The van der Waals surface area contributed by atoms with Crippen LogP contribution in [0.25, 0.3) is 0 Å². The predicted molar refractivity (Wildman–Crippen MR) is 98.7 cm³/mol. The van der Waals surface area contributed by atoms with Gasteiger partial charge in [-0.15, -0.1) is 11.3 Å². The summed E-state index contributed by atoms with van der Waals surface area (Å²) in [6, 6.07) is 3.70. The number of carbonyl (C=O) groups excluding carboxylic acids is 2. The molecule has 2 N–H and O–H groups in total. The Bertz CT molecular complexity index is 859. The van der Waals surface area contributed by atoms with Crippen molar-refractivity contribution >= 4 is 44.8 Å². The van der Waals surface area contributed by atoms with Crippen molar-refractivity contribution in [2.24, 2.45) is 0 Å². The normalized spacial score (nSPS) is 17.4. The molecule has 2 aromatic rings. The Kier molecular flexibility index (Phi) is 5.06. The molecule has 0 bridgehead atoms. The summed E-state index contributed by atoms with van der Waals surface area (Å²) in [5.41, 5.74) is -0.792. The molecule has 0 aromatic carbocycles. The van der Waals surface area contributed by atoms with E-state index in [-0.39, 0.29) is 19.6 Å². The van der Waals surface area contributed by atoms with Crippen LogP contribution in [0.5, 0.6) is 0 Å². The van der Waals surface area contributed by atoms with E-state index in [1.807, 2.05) is 10.8 Å². The lowest BCUT2D eigenvalue weighted by atomic mass is 9.94. The summed E-state index contributed by atoms with van der Waals surface area (Å²) in [4.78, 5) is 26.0. The molecular weight excluding hydrogens is 398 g/mol. The van der Waals surface area contributed by atoms with Gasteiger partial charge in [0, 0.05) is 10.4 Å². The number of hydrogen-bond donors (Lipinski definition) is 2. The molecule has 2 aromatic heterocycles. The third kappa shape index (κ3) is 3.47. The molecule has 0 saturated carbocycles. The Hall–Kier alpha value is -1.95. The van der Waals surface area contributed by atoms with E-state index in [2.05, 4.69) is 5.32 Å². The molecule has 1 atom stereocenters. The summed E-state index contributed by atoms with van der Waals surface area (Å²) in [5, 5.41) is 19.1. The Morgan fingerprint density at radius 3 is 2.65 bits per heavy atom. The monoisotopic (exact) mass is 415 g/mol. The van der Waals surface area contributed by atoms with Crippen molar-refractivity contribution in [2.75, 3.05) is 25.9 Å². The van der Waals surface area contributed by atoms with Crippen molar-refractivity contribution in [1.82, 2.24) is 14.5 Å². The SMILES string of the molecule is CS(=O)(=O)N1CCN(C(=O)NC[C@](O)(c2ccsc2)c2cccs2)C1=O. The molecule has 3 rings (SSSR count). The maximum absolute atomic E-state index is 12.4. The predicted octanol–water partition coefficient (Wildman–Crippen LogP) is 1.45. The van der Waals surface area contributed by atoms with Crippen molar-refractivity contribution in [3.05, 3.63) is 44.8 Å². The molecule has 3 heterocycles. The van der Waals surface area contributed by atoms with Crippen molar-refractivity contribution in [1.29, 1.82) is 0 Å². The lowest BCUT2D eigenvalue weighted by Gasteiger charge is -2.27. The van der Waals surface area contributed by atoms with Crippen LogP contribution in [0, 0.1) is 0 Å². The second kappa shape index (κ2) is 6.99. The van der Waals surface area contributed by atoms with Crippen LogP contribution in [0.1, 0.15) is 10.4 Å². The summed E-state index contributed by atoms with van der Waals surface area (Å²) in [6.45, 7) is -0.260. The van der Waals surface area contributed by atoms with E-state index < -0.39 is 27.7 Å². The summed E-state index contributed by atoms with van der Waals surface area (Å²) >= 11 is 2.77. The fourth-order valence-corrected chi connectivity index (χ4v) is 5.02. The first-order valence-corrected chi connectivity index (χ1v) is 11.3. The second-order valence-corrected chi connectivity index (χ2v) is 9.41. The highest BCUT2D eigenvalue weighted by molar-refractivity contribution is 7.88. The zero-order valence-electron chi connectivity index (χ0n) is 13.8. The average Bonchev–Trinajstić information content (AvgIpc) is 3.31. The van der Waals surface area contributed by atoms with Gasteiger partial charge in [-0.05, 0) is 28.3 Å². The van der Waals surface area contributed by atoms with Gasteiger partial charge in [0.15, 0.2) is 0 Å². The van der Waals surface area contributed by atoms with Crippen LogP contribution < -0.4 is 5.32 Å². The molecule has 1 aliphatic heterocycles. The molecule has 1 saturated heterocycles. The smallest absolute Gasteiger partial charge is 0.341 e. The molecule has 0 radical (unpaired) electrons. The number of hydrogen-bond acceptors (Lipinski definition) is 7. The number of rotatable bonds is 5. The number of sulfonamides is 1. The van der Waals surface area contributed by atoms with Crippen LogP contribution in [-0.2, 0) is 15.6 Å². The van der Waals surface area contributed by atoms with Crippen LogP contribution in [0.15, 0.2) is 34.3 Å². The van der Waals surface area contributed by atoms with Gasteiger partial charge >= 0.3 is 12.1 Å². The van der Waals surface area contributed by atoms with Crippen molar-refractivity contribution in [2.45, 2.75) is 5.60 Å². The minimum absolute atomic E-state index is 0.0341. The number of carbonyl (C=O) groups is 2. The topological polar surface area (TPSA) is 107 Å². The number of imide groups is 1. The Morgan fingerprint density at radius 2 is 2.12 bits per heavy atom. The van der Waals surface area contributed by atoms with Gasteiger partial charge < -0.3 is 10.4 Å². The lowest BCUT2D eigenvalue weighted by molar-refractivity contribution is 0.0847. The number of thiophene rings is 2. The number of nitrogens with zero attached hydrogens (tertiary/aromatic N) is 2. The molecule has 8 nitrogen and oxygen atoms in total. The molecule has 1 fully saturated rings. The van der Waals surface area contributed by atoms with Crippen molar-refractivity contribution in [3.8, 4) is 0 Å². The number of amides is 4. The summed E-state index contributed by atoms with van der Waals surface area (Å²) in [6.07, 6.45) is 0.915. The lowest BCUT2D eigenvalue weighted by Crippen LogP contribution is -2.48. The highest BCUT2D eigenvalue weighted by atomic mass is 32.2. The van der Waals surface area contributed by atoms with Gasteiger partial charge in [-0.1, -0.05) is 6.07 Å². The summed E-state index contributed by atoms with van der Waals surface area (Å²) < 4.78 is 23.7. The van der Waals surface area contributed by atoms with Crippen molar-refractivity contribution < 1.29 is 23.1 Å². The third-order valence-corrected chi connectivity index (χ3v) is 6.88. The number of aliphatic hydroxyl groups is 1. The standard InChI is InChI=1S/C15H17N3O5S3/c1-26(22,23)18-6-5-17(14(18)20)13(19)16-10-15(21,11-4-8-24-9-11)12-3-2-7-25-12/h2-4,7-9,21H,5-6,10H2,1H3,(H,16,19)/t15-/m0/s1. The molecule has 11 heteroatoms. The molecule has 0 unspecified atom stereocenters. The number of urea groups is 2. The van der Waals surface area contributed by atoms with Gasteiger partial charge in [0.25, 0.3) is 0 Å². The average molecular weight is 416 g/mol. The summed E-state index contributed by atoms with van der Waals surface area (Å²) in [5.74, 6) is 0. The van der Waals surface area contributed by atoms with Gasteiger partial charge in [0.05, 0.1) is 25.9 Å². The highest BCUT2D eigenvalue weighted by Gasteiger charge is 2.40. The fourth-order valence-electron chi connectivity index (χ4n) is 2.66. The van der Waals surface area contributed by atoms with E-state index in [1.54, 1.807) is 23.6 Å².